The van der Waals surface area contributed by atoms with Gasteiger partial charge >= 0.3 is 0 Å². The molecule has 1 amide bonds. The lowest BCUT2D eigenvalue weighted by atomic mass is 10.1. The summed E-state index contributed by atoms with van der Waals surface area (Å²) in [6.45, 7) is 5.66. The number of hydrogen-bond donors (Lipinski definition) is 0. The van der Waals surface area contributed by atoms with Crippen LogP contribution in [-0.4, -0.2) is 31.9 Å². The largest absolute Gasteiger partial charge is 0.337 e. The number of benzene rings is 2. The molecule has 0 N–H and O–H groups in total. The van der Waals surface area contributed by atoms with Crippen LogP contribution in [0.1, 0.15) is 35.7 Å². The number of nitro groups is 1. The maximum absolute atomic E-state index is 13.0. The van der Waals surface area contributed by atoms with E-state index in [1.54, 1.807) is 0 Å². The number of carbonyl (C=O) groups is 1. The first-order valence-electron chi connectivity index (χ1n) is 8.91. The van der Waals surface area contributed by atoms with E-state index in [0.29, 0.717) is 5.82 Å². The molecular weight excluding hydrogens is 396 g/mol. The van der Waals surface area contributed by atoms with E-state index in [4.69, 9.17) is 16.1 Å². The van der Waals surface area contributed by atoms with Crippen molar-refractivity contribution in [3.8, 4) is 11.4 Å². The van der Waals surface area contributed by atoms with Gasteiger partial charge in [0.05, 0.1) is 15.5 Å². The van der Waals surface area contributed by atoms with Crippen molar-refractivity contribution in [3.05, 3.63) is 74.6 Å². The summed E-state index contributed by atoms with van der Waals surface area (Å²) in [4.78, 5) is 29.4. The first-order chi connectivity index (χ1) is 13.8. The van der Waals surface area contributed by atoms with Crippen molar-refractivity contribution in [3.63, 3.8) is 0 Å². The zero-order valence-electron chi connectivity index (χ0n) is 16.1. The number of carbonyl (C=O) groups excluding carboxylic acids is 1. The van der Waals surface area contributed by atoms with Gasteiger partial charge in [-0.05, 0) is 32.9 Å². The Morgan fingerprint density at radius 2 is 2.03 bits per heavy atom. The summed E-state index contributed by atoms with van der Waals surface area (Å²) < 4.78 is 5.32. The first-order valence-corrected chi connectivity index (χ1v) is 9.28. The highest BCUT2D eigenvalue weighted by Gasteiger charge is 2.25. The topological polar surface area (TPSA) is 102 Å². The molecule has 0 aliphatic rings. The molecule has 1 aromatic heterocycles. The standard InChI is InChI=1S/C20H19ClN4O4/c1-12(2)24(20(26)16-10-15(25(27)28)7-8-17(16)21)11-18-22-19(23-29-18)14-6-4-5-13(3)9-14/h4-10,12H,11H2,1-3H3. The van der Waals surface area contributed by atoms with Crippen molar-refractivity contribution in [2.75, 3.05) is 0 Å². The van der Waals surface area contributed by atoms with Gasteiger partial charge < -0.3 is 9.42 Å². The van der Waals surface area contributed by atoms with Crippen molar-refractivity contribution in [2.45, 2.75) is 33.4 Å². The second-order valence-electron chi connectivity index (χ2n) is 6.83. The Balaban J connectivity index is 1.87. The number of aryl methyl sites for hydroxylation is 1. The van der Waals surface area contributed by atoms with Crippen LogP contribution in [0, 0.1) is 17.0 Å². The smallest absolute Gasteiger partial charge is 0.270 e. The van der Waals surface area contributed by atoms with E-state index in [1.807, 2.05) is 45.0 Å². The third kappa shape index (κ3) is 4.60. The zero-order valence-corrected chi connectivity index (χ0v) is 16.9. The number of nitro benzene ring substituents is 1. The fourth-order valence-electron chi connectivity index (χ4n) is 2.80. The second kappa shape index (κ2) is 8.40. The molecule has 0 aliphatic carbocycles. The van der Waals surface area contributed by atoms with Crippen molar-refractivity contribution < 1.29 is 14.2 Å². The number of rotatable bonds is 6. The van der Waals surface area contributed by atoms with E-state index < -0.39 is 10.8 Å². The number of hydrogen-bond acceptors (Lipinski definition) is 6. The molecule has 0 fully saturated rings. The van der Waals surface area contributed by atoms with Gasteiger partial charge in [0, 0.05) is 23.7 Å². The fourth-order valence-corrected chi connectivity index (χ4v) is 3.00. The molecule has 3 rings (SSSR count). The molecule has 9 heteroatoms. The lowest BCUT2D eigenvalue weighted by Crippen LogP contribution is -2.36. The van der Waals surface area contributed by atoms with Crippen LogP contribution in [0.25, 0.3) is 11.4 Å². The summed E-state index contributed by atoms with van der Waals surface area (Å²) in [6, 6.07) is 11.2. The molecule has 2 aromatic carbocycles. The van der Waals surface area contributed by atoms with Crippen LogP contribution >= 0.6 is 11.6 Å². The van der Waals surface area contributed by atoms with Crippen LogP contribution < -0.4 is 0 Å². The van der Waals surface area contributed by atoms with E-state index in [0.717, 1.165) is 11.1 Å². The number of aromatic nitrogens is 2. The lowest BCUT2D eigenvalue weighted by Gasteiger charge is -2.25. The highest BCUT2D eigenvalue weighted by Crippen LogP contribution is 2.25. The molecule has 0 unspecified atom stereocenters. The third-order valence-corrected chi connectivity index (χ3v) is 4.65. The van der Waals surface area contributed by atoms with Gasteiger partial charge in [-0.1, -0.05) is 40.5 Å². The minimum absolute atomic E-state index is 0.0491. The average Bonchev–Trinajstić information content (AvgIpc) is 3.14. The molecule has 150 valence electrons. The molecule has 0 radical (unpaired) electrons. The number of amides is 1. The van der Waals surface area contributed by atoms with Gasteiger partial charge in [0.2, 0.25) is 11.7 Å². The molecule has 0 spiro atoms. The SMILES string of the molecule is Cc1cccc(-c2noc(CN(C(=O)c3cc([N+](=O)[O-])ccc3Cl)C(C)C)n2)c1. The molecule has 0 saturated heterocycles. The first kappa shape index (κ1) is 20.5. The maximum Gasteiger partial charge on any atom is 0.270 e. The highest BCUT2D eigenvalue weighted by atomic mass is 35.5. The Morgan fingerprint density at radius 3 is 2.69 bits per heavy atom. The van der Waals surface area contributed by atoms with Gasteiger partial charge in [-0.15, -0.1) is 0 Å². The molecule has 0 saturated carbocycles. The highest BCUT2D eigenvalue weighted by molar-refractivity contribution is 6.33. The fraction of sp³-hybridized carbons (Fsp3) is 0.250. The van der Waals surface area contributed by atoms with Gasteiger partial charge in [0.1, 0.15) is 6.54 Å². The van der Waals surface area contributed by atoms with E-state index in [2.05, 4.69) is 10.1 Å². The second-order valence-corrected chi connectivity index (χ2v) is 7.24. The van der Waals surface area contributed by atoms with E-state index in [-0.39, 0.29) is 34.8 Å². The third-order valence-electron chi connectivity index (χ3n) is 4.33. The molecule has 3 aromatic rings. The van der Waals surface area contributed by atoms with Crippen LogP contribution in [0.3, 0.4) is 0 Å². The number of nitrogens with zero attached hydrogens (tertiary/aromatic N) is 4. The van der Waals surface area contributed by atoms with Crippen LogP contribution in [-0.2, 0) is 6.54 Å². The van der Waals surface area contributed by atoms with Gasteiger partial charge in [0.25, 0.3) is 11.6 Å². The van der Waals surface area contributed by atoms with Crippen molar-refractivity contribution >= 4 is 23.2 Å². The van der Waals surface area contributed by atoms with Crippen LogP contribution in [0.5, 0.6) is 0 Å². The average molecular weight is 415 g/mol. The number of halogens is 1. The van der Waals surface area contributed by atoms with Gasteiger partial charge in [-0.2, -0.15) is 4.98 Å². The van der Waals surface area contributed by atoms with Crippen molar-refractivity contribution in [1.82, 2.24) is 15.0 Å². The predicted molar refractivity (Wildman–Crippen MR) is 108 cm³/mol. The Kier molecular flexibility index (Phi) is 5.93. The summed E-state index contributed by atoms with van der Waals surface area (Å²) in [5.41, 5.74) is 1.71. The van der Waals surface area contributed by atoms with E-state index >= 15 is 0 Å². The maximum atomic E-state index is 13.0. The Morgan fingerprint density at radius 1 is 1.28 bits per heavy atom. The Hall–Kier alpha value is -3.26. The summed E-state index contributed by atoms with van der Waals surface area (Å²) in [6.07, 6.45) is 0. The minimum Gasteiger partial charge on any atom is -0.337 e. The lowest BCUT2D eigenvalue weighted by molar-refractivity contribution is -0.384. The van der Waals surface area contributed by atoms with E-state index in [9.17, 15) is 14.9 Å². The van der Waals surface area contributed by atoms with Gasteiger partial charge in [-0.25, -0.2) is 0 Å². The van der Waals surface area contributed by atoms with Crippen molar-refractivity contribution in [2.24, 2.45) is 0 Å². The molecular formula is C20H19ClN4O4. The van der Waals surface area contributed by atoms with E-state index in [1.165, 1.54) is 23.1 Å². The van der Waals surface area contributed by atoms with Gasteiger partial charge in [0.15, 0.2) is 0 Å². The molecule has 1 heterocycles. The normalized spacial score (nSPS) is 10.9. The summed E-state index contributed by atoms with van der Waals surface area (Å²) in [7, 11) is 0. The number of non-ortho nitro benzene ring substituents is 1. The summed E-state index contributed by atoms with van der Waals surface area (Å²) in [5, 5.41) is 15.2. The van der Waals surface area contributed by atoms with Crippen molar-refractivity contribution in [1.29, 1.82) is 0 Å². The summed E-state index contributed by atoms with van der Waals surface area (Å²) >= 11 is 6.12. The Bertz CT molecular complexity index is 1060. The molecule has 0 atom stereocenters. The van der Waals surface area contributed by atoms with Crippen LogP contribution in [0.15, 0.2) is 47.0 Å². The minimum atomic E-state index is -0.570. The predicted octanol–water partition coefficient (Wildman–Crippen LogP) is 4.66. The monoisotopic (exact) mass is 414 g/mol. The summed E-state index contributed by atoms with van der Waals surface area (Å²) in [5.74, 6) is 0.224. The van der Waals surface area contributed by atoms with Gasteiger partial charge in [-0.3, -0.25) is 14.9 Å². The molecule has 0 aliphatic heterocycles. The molecule has 8 nitrogen and oxygen atoms in total. The van der Waals surface area contributed by atoms with Crippen LogP contribution in [0.4, 0.5) is 5.69 Å². The quantitative estimate of drug-likeness (QED) is 0.429. The molecule has 0 bridgehead atoms. The zero-order chi connectivity index (χ0) is 21.1. The Labute approximate surface area is 172 Å². The van der Waals surface area contributed by atoms with Crippen LogP contribution in [0.2, 0.25) is 5.02 Å². The molecule has 29 heavy (non-hydrogen) atoms.